The highest BCUT2D eigenvalue weighted by Crippen LogP contribution is 2.34. The minimum Gasteiger partial charge on any atom is -0.352 e. The second-order valence-corrected chi connectivity index (χ2v) is 9.02. The van der Waals surface area contributed by atoms with Gasteiger partial charge in [0.2, 0.25) is 17.7 Å². The van der Waals surface area contributed by atoms with E-state index >= 15 is 0 Å². The van der Waals surface area contributed by atoms with E-state index in [4.69, 9.17) is 4.52 Å². The minimum atomic E-state index is -0.546. The summed E-state index contributed by atoms with van der Waals surface area (Å²) in [5, 5.41) is 10.4. The fourth-order valence-corrected chi connectivity index (χ4v) is 4.77. The number of aryl methyl sites for hydroxylation is 1. The zero-order valence-electron chi connectivity index (χ0n) is 18.5. The topological polar surface area (TPSA) is 100 Å². The van der Waals surface area contributed by atoms with E-state index in [9.17, 15) is 9.59 Å². The summed E-state index contributed by atoms with van der Waals surface area (Å²) in [6.45, 7) is 6.74. The molecule has 1 atom stereocenters. The summed E-state index contributed by atoms with van der Waals surface area (Å²) >= 11 is 0. The Morgan fingerprint density at radius 2 is 1.77 bits per heavy atom. The van der Waals surface area contributed by atoms with Crippen molar-refractivity contribution < 1.29 is 14.1 Å². The molecule has 2 fully saturated rings. The van der Waals surface area contributed by atoms with Crippen molar-refractivity contribution >= 4 is 11.8 Å². The van der Waals surface area contributed by atoms with Gasteiger partial charge in [-0.1, -0.05) is 37.3 Å². The lowest BCUT2D eigenvalue weighted by Crippen LogP contribution is -2.45. The Labute approximate surface area is 179 Å². The van der Waals surface area contributed by atoms with Crippen molar-refractivity contribution in [1.82, 2.24) is 25.7 Å². The lowest BCUT2D eigenvalue weighted by atomic mass is 9.89. The van der Waals surface area contributed by atoms with E-state index < -0.39 is 5.54 Å². The molecule has 0 aromatic carbocycles. The van der Waals surface area contributed by atoms with E-state index in [1.54, 1.807) is 0 Å². The molecule has 0 spiro atoms. The third kappa shape index (κ3) is 6.52. The van der Waals surface area contributed by atoms with Crippen LogP contribution in [0.5, 0.6) is 0 Å². The first kappa shape index (κ1) is 22.7. The third-order valence-electron chi connectivity index (χ3n) is 6.22. The van der Waals surface area contributed by atoms with E-state index in [0.717, 1.165) is 58.2 Å². The molecule has 2 heterocycles. The third-order valence-corrected chi connectivity index (χ3v) is 6.22. The number of likely N-dealkylation sites (tertiary alicyclic amines) is 1. The van der Waals surface area contributed by atoms with Crippen LogP contribution in [-0.4, -0.2) is 52.5 Å². The lowest BCUT2D eigenvalue weighted by molar-refractivity contribution is -0.122. The lowest BCUT2D eigenvalue weighted by Gasteiger charge is -2.30. The molecule has 2 amide bonds. The van der Waals surface area contributed by atoms with Crippen molar-refractivity contribution in [3.05, 3.63) is 11.7 Å². The summed E-state index contributed by atoms with van der Waals surface area (Å²) in [6, 6.07) is 0.128. The number of aromatic nitrogens is 2. The Kier molecular flexibility index (Phi) is 8.24. The Hall–Kier alpha value is -1.96. The molecule has 8 heteroatoms. The SMILES string of the molecule is CC(=O)NC1(c2noc(CCC(=O)NC(C)CN3CCCCC3)n2)CCCCCC1. The van der Waals surface area contributed by atoms with Crippen molar-refractivity contribution in [2.75, 3.05) is 19.6 Å². The van der Waals surface area contributed by atoms with Crippen molar-refractivity contribution in [1.29, 1.82) is 0 Å². The number of rotatable bonds is 8. The van der Waals surface area contributed by atoms with Gasteiger partial charge < -0.3 is 20.1 Å². The molecule has 1 aliphatic carbocycles. The number of carbonyl (C=O) groups excluding carboxylic acids is 2. The zero-order valence-corrected chi connectivity index (χ0v) is 18.5. The molecule has 0 radical (unpaired) electrons. The van der Waals surface area contributed by atoms with Gasteiger partial charge in [0.15, 0.2) is 5.82 Å². The molecule has 1 aromatic rings. The molecular weight excluding hydrogens is 382 g/mol. The van der Waals surface area contributed by atoms with Gasteiger partial charge in [-0.2, -0.15) is 4.98 Å². The van der Waals surface area contributed by atoms with Crippen LogP contribution in [0.2, 0.25) is 0 Å². The van der Waals surface area contributed by atoms with Crippen LogP contribution in [0.1, 0.15) is 89.8 Å². The maximum Gasteiger partial charge on any atom is 0.227 e. The Bertz CT molecular complexity index is 691. The molecule has 2 N–H and O–H groups in total. The smallest absolute Gasteiger partial charge is 0.227 e. The molecule has 2 aliphatic rings. The molecule has 1 aromatic heterocycles. The summed E-state index contributed by atoms with van der Waals surface area (Å²) in [5.74, 6) is 0.932. The van der Waals surface area contributed by atoms with E-state index in [-0.39, 0.29) is 17.9 Å². The van der Waals surface area contributed by atoms with Gasteiger partial charge in [-0.15, -0.1) is 0 Å². The molecule has 30 heavy (non-hydrogen) atoms. The zero-order chi connectivity index (χ0) is 21.4. The van der Waals surface area contributed by atoms with Crippen molar-refractivity contribution in [2.45, 2.75) is 96.1 Å². The van der Waals surface area contributed by atoms with Gasteiger partial charge in [0.25, 0.3) is 0 Å². The summed E-state index contributed by atoms with van der Waals surface area (Å²) in [5.41, 5.74) is -0.546. The van der Waals surface area contributed by atoms with Crippen LogP contribution in [0.3, 0.4) is 0 Å². The molecule has 0 bridgehead atoms. The van der Waals surface area contributed by atoms with E-state index in [1.165, 1.54) is 26.2 Å². The van der Waals surface area contributed by atoms with Gasteiger partial charge in [-0.25, -0.2) is 0 Å². The predicted octanol–water partition coefficient (Wildman–Crippen LogP) is 2.68. The number of carbonyl (C=O) groups is 2. The first-order valence-electron chi connectivity index (χ1n) is 11.6. The first-order chi connectivity index (χ1) is 14.5. The van der Waals surface area contributed by atoms with E-state index in [2.05, 4.69) is 32.6 Å². The monoisotopic (exact) mass is 419 g/mol. The van der Waals surface area contributed by atoms with Crippen LogP contribution in [0, 0.1) is 0 Å². The standard InChI is InChI=1S/C22H37N5O3/c1-17(16-27-14-8-5-9-15-27)23-19(29)10-11-20-24-21(26-30-20)22(25-18(2)28)12-6-3-4-7-13-22/h17H,3-16H2,1-2H3,(H,23,29)(H,25,28). The fraction of sp³-hybridized carbons (Fsp3) is 0.818. The van der Waals surface area contributed by atoms with Crippen molar-refractivity contribution in [3.8, 4) is 0 Å². The van der Waals surface area contributed by atoms with Gasteiger partial charge in [-0.05, 0) is 45.7 Å². The average Bonchev–Trinajstić information content (AvgIpc) is 3.07. The molecule has 8 nitrogen and oxygen atoms in total. The number of hydrogen-bond donors (Lipinski definition) is 2. The first-order valence-corrected chi connectivity index (χ1v) is 11.6. The molecule has 3 rings (SSSR count). The highest BCUT2D eigenvalue weighted by Gasteiger charge is 2.38. The van der Waals surface area contributed by atoms with Gasteiger partial charge in [0.05, 0.1) is 0 Å². The number of hydrogen-bond acceptors (Lipinski definition) is 6. The van der Waals surface area contributed by atoms with Crippen molar-refractivity contribution in [2.24, 2.45) is 0 Å². The van der Waals surface area contributed by atoms with Gasteiger partial charge in [0, 0.05) is 32.4 Å². The summed E-state index contributed by atoms with van der Waals surface area (Å²) in [6.07, 6.45) is 10.5. The molecule has 1 saturated carbocycles. The molecular formula is C22H37N5O3. The second kappa shape index (κ2) is 10.9. The van der Waals surface area contributed by atoms with Crippen LogP contribution in [0.25, 0.3) is 0 Å². The van der Waals surface area contributed by atoms with Gasteiger partial charge in [-0.3, -0.25) is 9.59 Å². The molecule has 1 aliphatic heterocycles. The van der Waals surface area contributed by atoms with Crippen LogP contribution in [0.15, 0.2) is 4.52 Å². The maximum atomic E-state index is 12.4. The van der Waals surface area contributed by atoms with Crippen molar-refractivity contribution in [3.63, 3.8) is 0 Å². The summed E-state index contributed by atoms with van der Waals surface area (Å²) < 4.78 is 5.44. The normalized spacial score (nSPS) is 20.9. The second-order valence-electron chi connectivity index (χ2n) is 9.02. The maximum absolute atomic E-state index is 12.4. The minimum absolute atomic E-state index is 0.00491. The summed E-state index contributed by atoms with van der Waals surface area (Å²) in [4.78, 5) is 31.2. The predicted molar refractivity (Wildman–Crippen MR) is 114 cm³/mol. The molecule has 1 unspecified atom stereocenters. The van der Waals surface area contributed by atoms with Gasteiger partial charge >= 0.3 is 0 Å². The number of nitrogens with one attached hydrogen (secondary N) is 2. The highest BCUT2D eigenvalue weighted by atomic mass is 16.5. The average molecular weight is 420 g/mol. The van der Waals surface area contributed by atoms with E-state index in [0.29, 0.717) is 24.6 Å². The Balaban J connectivity index is 1.51. The summed E-state index contributed by atoms with van der Waals surface area (Å²) in [7, 11) is 0. The molecule has 168 valence electrons. The van der Waals surface area contributed by atoms with Crippen LogP contribution in [0.4, 0.5) is 0 Å². The number of nitrogens with zero attached hydrogens (tertiary/aromatic N) is 3. The quantitative estimate of drug-likeness (QED) is 0.629. The van der Waals surface area contributed by atoms with Crippen LogP contribution in [-0.2, 0) is 21.5 Å². The Morgan fingerprint density at radius 1 is 1.10 bits per heavy atom. The highest BCUT2D eigenvalue weighted by molar-refractivity contribution is 5.76. The van der Waals surface area contributed by atoms with Gasteiger partial charge in [0.1, 0.15) is 5.54 Å². The number of piperidine rings is 1. The molecule has 1 saturated heterocycles. The fourth-order valence-electron chi connectivity index (χ4n) is 4.77. The number of amides is 2. The van der Waals surface area contributed by atoms with Crippen LogP contribution < -0.4 is 10.6 Å². The largest absolute Gasteiger partial charge is 0.352 e. The Morgan fingerprint density at radius 3 is 2.43 bits per heavy atom. The van der Waals surface area contributed by atoms with E-state index in [1.807, 2.05) is 0 Å². The van der Waals surface area contributed by atoms with Crippen LogP contribution >= 0.6 is 0 Å².